The van der Waals surface area contributed by atoms with Gasteiger partial charge in [0.15, 0.2) is 0 Å². The molecule has 1 N–H and O–H groups in total. The zero-order valence-electron chi connectivity index (χ0n) is 16.7. The normalized spacial score (nSPS) is 14.9. The van der Waals surface area contributed by atoms with E-state index in [1.165, 1.54) is 44.3 Å². The number of benzene rings is 2. The van der Waals surface area contributed by atoms with E-state index in [1.54, 1.807) is 7.11 Å². The molecule has 0 amide bonds. The average Bonchev–Trinajstić information content (AvgIpc) is 2.77. The Morgan fingerprint density at radius 2 is 1.86 bits per heavy atom. The number of pyridine rings is 1. The largest absolute Gasteiger partial charge is 0.497 e. The number of methoxy groups -OCH3 is 1. The van der Waals surface area contributed by atoms with Gasteiger partial charge in [0, 0.05) is 23.2 Å². The maximum atomic E-state index is 5.38. The van der Waals surface area contributed by atoms with Crippen LogP contribution in [0.15, 0.2) is 54.6 Å². The van der Waals surface area contributed by atoms with Gasteiger partial charge in [-0.1, -0.05) is 36.8 Å². The number of fused-ring (bicyclic) bond motifs is 1. The number of ether oxygens (including phenoxy) is 1. The van der Waals surface area contributed by atoms with Crippen LogP contribution in [0.5, 0.6) is 5.75 Å². The molecule has 1 aliphatic heterocycles. The number of nitrogens with zero attached hydrogens (tertiary/aromatic N) is 2. The second-order valence-electron chi connectivity index (χ2n) is 7.49. The summed E-state index contributed by atoms with van der Waals surface area (Å²) < 4.78 is 5.38. The number of anilines is 1. The van der Waals surface area contributed by atoms with Crippen molar-refractivity contribution < 1.29 is 4.74 Å². The average molecular weight is 376 g/mol. The molecular weight excluding hydrogens is 346 g/mol. The van der Waals surface area contributed by atoms with Crippen LogP contribution in [0.4, 0.5) is 5.69 Å². The van der Waals surface area contributed by atoms with Gasteiger partial charge < -0.3 is 15.0 Å². The lowest BCUT2D eigenvalue weighted by Gasteiger charge is -2.26. The molecule has 0 aliphatic carbocycles. The Morgan fingerprint density at radius 3 is 2.71 bits per heavy atom. The van der Waals surface area contributed by atoms with Crippen molar-refractivity contribution >= 4 is 16.6 Å². The van der Waals surface area contributed by atoms with Gasteiger partial charge in [0.25, 0.3) is 0 Å². The molecule has 1 aromatic heterocycles. The molecule has 0 spiro atoms. The third-order valence-electron chi connectivity index (χ3n) is 5.50. The van der Waals surface area contributed by atoms with Gasteiger partial charge in [0.1, 0.15) is 5.75 Å². The second-order valence-corrected chi connectivity index (χ2v) is 7.49. The summed E-state index contributed by atoms with van der Waals surface area (Å²) in [6.07, 6.45) is 5.26. The van der Waals surface area contributed by atoms with E-state index in [4.69, 9.17) is 9.72 Å². The van der Waals surface area contributed by atoms with Crippen LogP contribution in [0.2, 0.25) is 0 Å². The van der Waals surface area contributed by atoms with Crippen LogP contribution < -0.4 is 10.1 Å². The van der Waals surface area contributed by atoms with Crippen LogP contribution >= 0.6 is 0 Å². The minimum Gasteiger partial charge on any atom is -0.497 e. The highest BCUT2D eigenvalue weighted by molar-refractivity contribution is 5.93. The van der Waals surface area contributed by atoms with Crippen molar-refractivity contribution in [2.75, 3.05) is 38.6 Å². The van der Waals surface area contributed by atoms with E-state index in [9.17, 15) is 0 Å². The van der Waals surface area contributed by atoms with Crippen molar-refractivity contribution in [3.63, 3.8) is 0 Å². The number of hydrogen-bond acceptors (Lipinski definition) is 4. The highest BCUT2D eigenvalue weighted by Crippen LogP contribution is 2.29. The summed E-state index contributed by atoms with van der Waals surface area (Å²) in [5, 5.41) is 4.84. The molecule has 28 heavy (non-hydrogen) atoms. The Kier molecular flexibility index (Phi) is 6.07. The molecule has 2 aromatic carbocycles. The Morgan fingerprint density at radius 1 is 1.00 bits per heavy atom. The zero-order valence-corrected chi connectivity index (χ0v) is 16.7. The van der Waals surface area contributed by atoms with Crippen molar-refractivity contribution in [2.24, 2.45) is 0 Å². The van der Waals surface area contributed by atoms with E-state index in [0.717, 1.165) is 41.2 Å². The second kappa shape index (κ2) is 9.07. The molecule has 3 aromatic rings. The topological polar surface area (TPSA) is 37.4 Å². The standard InChI is InChI=1S/C24H29N3O/c1-28-20-10-7-9-19(17-20)23-18-24(21-11-3-4-12-22(21)26-23)25-13-8-16-27-14-5-2-6-15-27/h3-4,7,9-12,17-18H,2,5-6,8,13-16H2,1H3,(H,25,26). The van der Waals surface area contributed by atoms with E-state index in [0.29, 0.717) is 0 Å². The molecule has 4 heteroatoms. The summed E-state index contributed by atoms with van der Waals surface area (Å²) in [7, 11) is 1.70. The van der Waals surface area contributed by atoms with Crippen molar-refractivity contribution in [3.8, 4) is 17.0 Å². The first-order valence-corrected chi connectivity index (χ1v) is 10.3. The first-order valence-electron chi connectivity index (χ1n) is 10.3. The van der Waals surface area contributed by atoms with E-state index < -0.39 is 0 Å². The quantitative estimate of drug-likeness (QED) is 0.576. The first kappa shape index (κ1) is 18.8. The Labute approximate surface area is 167 Å². The zero-order chi connectivity index (χ0) is 19.2. The van der Waals surface area contributed by atoms with Gasteiger partial charge in [0.05, 0.1) is 18.3 Å². The van der Waals surface area contributed by atoms with E-state index in [1.807, 2.05) is 24.3 Å². The molecule has 0 saturated carbocycles. The molecule has 1 aliphatic rings. The molecule has 146 valence electrons. The fourth-order valence-electron chi connectivity index (χ4n) is 3.96. The number of piperidine rings is 1. The van der Waals surface area contributed by atoms with Crippen LogP contribution in [-0.2, 0) is 0 Å². The first-order chi connectivity index (χ1) is 13.8. The highest BCUT2D eigenvalue weighted by Gasteiger charge is 2.10. The van der Waals surface area contributed by atoms with Gasteiger partial charge in [-0.25, -0.2) is 4.98 Å². The van der Waals surface area contributed by atoms with Crippen molar-refractivity contribution in [1.29, 1.82) is 0 Å². The summed E-state index contributed by atoms with van der Waals surface area (Å²) in [6, 6.07) is 18.6. The van der Waals surface area contributed by atoms with Crippen molar-refractivity contribution in [1.82, 2.24) is 9.88 Å². The summed E-state index contributed by atoms with van der Waals surface area (Å²) >= 11 is 0. The number of para-hydroxylation sites is 1. The van der Waals surface area contributed by atoms with Crippen LogP contribution in [0.1, 0.15) is 25.7 Å². The lowest BCUT2D eigenvalue weighted by atomic mass is 10.1. The summed E-state index contributed by atoms with van der Waals surface area (Å²) in [4.78, 5) is 7.47. The van der Waals surface area contributed by atoms with Crippen LogP contribution in [0, 0.1) is 0 Å². The van der Waals surface area contributed by atoms with E-state index in [-0.39, 0.29) is 0 Å². The number of likely N-dealkylation sites (tertiary alicyclic amines) is 1. The van der Waals surface area contributed by atoms with Gasteiger partial charge in [0.2, 0.25) is 0 Å². The maximum Gasteiger partial charge on any atom is 0.119 e. The molecule has 4 nitrogen and oxygen atoms in total. The van der Waals surface area contributed by atoms with Crippen LogP contribution in [0.25, 0.3) is 22.2 Å². The smallest absolute Gasteiger partial charge is 0.119 e. The maximum absolute atomic E-state index is 5.38. The van der Waals surface area contributed by atoms with Gasteiger partial charge in [-0.3, -0.25) is 0 Å². The van der Waals surface area contributed by atoms with Crippen LogP contribution in [0.3, 0.4) is 0 Å². The lowest BCUT2D eigenvalue weighted by molar-refractivity contribution is 0.228. The number of hydrogen-bond donors (Lipinski definition) is 1. The molecule has 0 radical (unpaired) electrons. The predicted octanol–water partition coefficient (Wildman–Crippen LogP) is 5.20. The molecule has 1 fully saturated rings. The lowest BCUT2D eigenvalue weighted by Crippen LogP contribution is -2.31. The van der Waals surface area contributed by atoms with Gasteiger partial charge in [-0.2, -0.15) is 0 Å². The monoisotopic (exact) mass is 375 g/mol. The molecular formula is C24H29N3O. The third kappa shape index (κ3) is 4.45. The van der Waals surface area contributed by atoms with Gasteiger partial charge >= 0.3 is 0 Å². The van der Waals surface area contributed by atoms with Crippen molar-refractivity contribution in [3.05, 3.63) is 54.6 Å². The van der Waals surface area contributed by atoms with Crippen LogP contribution in [-0.4, -0.2) is 43.2 Å². The fourth-order valence-corrected chi connectivity index (χ4v) is 3.96. The molecule has 0 unspecified atom stereocenters. The Hall–Kier alpha value is -2.59. The third-order valence-corrected chi connectivity index (χ3v) is 5.50. The minimum atomic E-state index is 0.850. The number of aromatic nitrogens is 1. The van der Waals surface area contributed by atoms with E-state index >= 15 is 0 Å². The molecule has 4 rings (SSSR count). The number of nitrogens with one attached hydrogen (secondary N) is 1. The molecule has 1 saturated heterocycles. The van der Waals surface area contributed by atoms with Gasteiger partial charge in [-0.05, 0) is 63.2 Å². The number of rotatable bonds is 7. The Bertz CT molecular complexity index is 919. The Balaban J connectivity index is 1.52. The predicted molar refractivity (Wildman–Crippen MR) is 117 cm³/mol. The van der Waals surface area contributed by atoms with Gasteiger partial charge in [-0.15, -0.1) is 0 Å². The summed E-state index contributed by atoms with van der Waals surface area (Å²) in [6.45, 7) is 4.68. The molecule has 2 heterocycles. The molecule has 0 bridgehead atoms. The summed E-state index contributed by atoms with van der Waals surface area (Å²) in [5.74, 6) is 0.850. The van der Waals surface area contributed by atoms with Crippen molar-refractivity contribution in [2.45, 2.75) is 25.7 Å². The summed E-state index contributed by atoms with van der Waals surface area (Å²) in [5.41, 5.74) is 4.21. The fraction of sp³-hybridized carbons (Fsp3) is 0.375. The minimum absolute atomic E-state index is 0.850. The highest BCUT2D eigenvalue weighted by atomic mass is 16.5. The van der Waals surface area contributed by atoms with E-state index in [2.05, 4.69) is 40.5 Å². The molecule has 0 atom stereocenters. The SMILES string of the molecule is COc1cccc(-c2cc(NCCCN3CCCCC3)c3ccccc3n2)c1.